The number of imide groups is 1. The van der Waals surface area contributed by atoms with Crippen LogP contribution in [-0.4, -0.2) is 47.3 Å². The summed E-state index contributed by atoms with van der Waals surface area (Å²) < 4.78 is 15.0. The second kappa shape index (κ2) is 8.33. The molecule has 3 aromatic rings. The number of carbonyl (C=O) groups is 2. The van der Waals surface area contributed by atoms with E-state index in [2.05, 4.69) is 15.6 Å². The van der Waals surface area contributed by atoms with E-state index in [4.69, 9.17) is 4.98 Å². The molecule has 7 nitrogen and oxygen atoms in total. The molecule has 0 aliphatic carbocycles. The summed E-state index contributed by atoms with van der Waals surface area (Å²) >= 11 is 0.845. The molecule has 2 N–H and O–H groups in total. The van der Waals surface area contributed by atoms with Crippen LogP contribution in [0.4, 0.5) is 14.9 Å². The number of halogens is 1. The molecule has 0 radical (unpaired) electrons. The molecule has 162 valence electrons. The molecule has 0 atom stereocenters. The van der Waals surface area contributed by atoms with E-state index in [0.29, 0.717) is 28.0 Å². The van der Waals surface area contributed by atoms with Crippen LogP contribution >= 0.6 is 11.8 Å². The average molecular weight is 450 g/mol. The summed E-state index contributed by atoms with van der Waals surface area (Å²) in [6, 6.07) is 8.87. The number of nitrogens with one attached hydrogen (secondary N) is 2. The number of hydrogen-bond acceptors (Lipinski definition) is 7. The second-order valence-electron chi connectivity index (χ2n) is 7.68. The third-order valence-corrected chi connectivity index (χ3v) is 6.35. The fourth-order valence-corrected chi connectivity index (χ4v) is 4.67. The van der Waals surface area contributed by atoms with Crippen molar-refractivity contribution in [1.82, 2.24) is 20.6 Å². The van der Waals surface area contributed by atoms with Gasteiger partial charge < -0.3 is 10.2 Å². The fraction of sp³-hybridized carbons (Fsp3) is 0.217. The zero-order valence-electron chi connectivity index (χ0n) is 17.3. The topological polar surface area (TPSA) is 87.2 Å². The molecular formula is C23H20FN5O2S. The number of aryl methyl sites for hydroxylation is 1. The van der Waals surface area contributed by atoms with Crippen LogP contribution in [-0.2, 0) is 4.79 Å². The van der Waals surface area contributed by atoms with Crippen molar-refractivity contribution in [2.75, 3.05) is 31.1 Å². The lowest BCUT2D eigenvalue weighted by molar-refractivity contribution is -0.115. The van der Waals surface area contributed by atoms with Crippen LogP contribution in [0.15, 0.2) is 41.4 Å². The number of benzene rings is 1. The minimum absolute atomic E-state index is 0.276. The van der Waals surface area contributed by atoms with Gasteiger partial charge in [0.25, 0.3) is 11.1 Å². The fourth-order valence-electron chi connectivity index (χ4n) is 4.01. The van der Waals surface area contributed by atoms with Crippen molar-refractivity contribution < 1.29 is 14.0 Å². The van der Waals surface area contributed by atoms with Gasteiger partial charge in [-0.3, -0.25) is 19.9 Å². The van der Waals surface area contributed by atoms with Gasteiger partial charge in [-0.05, 0) is 60.2 Å². The van der Waals surface area contributed by atoms with Crippen molar-refractivity contribution in [3.8, 4) is 11.1 Å². The first kappa shape index (κ1) is 20.6. The van der Waals surface area contributed by atoms with Crippen LogP contribution in [0.25, 0.3) is 28.2 Å². The van der Waals surface area contributed by atoms with Crippen LogP contribution in [0.5, 0.6) is 0 Å². The molecule has 0 bridgehead atoms. The number of piperazine rings is 1. The number of pyridine rings is 2. The van der Waals surface area contributed by atoms with Gasteiger partial charge in [0.1, 0.15) is 5.82 Å². The van der Waals surface area contributed by atoms with Crippen LogP contribution < -0.4 is 15.5 Å². The molecule has 0 saturated carbocycles. The molecule has 4 heterocycles. The van der Waals surface area contributed by atoms with Crippen molar-refractivity contribution in [3.05, 3.63) is 58.5 Å². The standard InChI is InChI=1S/C23H20FN5O2S/c1-13-10-15(12-19-22(30)28-23(31)32-19)27-21-16(4-5-26-20(13)21)14-2-3-18(17(24)11-14)29-8-6-25-7-9-29/h2-5,10-12,25H,6-9H2,1H3,(H,28,30,31). The zero-order chi connectivity index (χ0) is 22.2. The monoisotopic (exact) mass is 449 g/mol. The molecule has 5 rings (SSSR count). The van der Waals surface area contributed by atoms with Gasteiger partial charge in [-0.1, -0.05) is 6.07 Å². The van der Waals surface area contributed by atoms with E-state index < -0.39 is 11.1 Å². The van der Waals surface area contributed by atoms with E-state index in [1.165, 1.54) is 6.07 Å². The van der Waals surface area contributed by atoms with Crippen molar-refractivity contribution in [2.45, 2.75) is 6.92 Å². The lowest BCUT2D eigenvalue weighted by Crippen LogP contribution is -2.43. The molecule has 2 amide bonds. The van der Waals surface area contributed by atoms with Gasteiger partial charge in [-0.15, -0.1) is 0 Å². The number of nitrogens with zero attached hydrogens (tertiary/aromatic N) is 3. The summed E-state index contributed by atoms with van der Waals surface area (Å²) in [5, 5.41) is 5.11. The van der Waals surface area contributed by atoms with Crippen LogP contribution in [0.3, 0.4) is 0 Å². The van der Waals surface area contributed by atoms with E-state index in [-0.39, 0.29) is 10.7 Å². The Morgan fingerprint density at radius 1 is 1.12 bits per heavy atom. The van der Waals surface area contributed by atoms with Gasteiger partial charge in [0.2, 0.25) is 0 Å². The first-order chi connectivity index (χ1) is 15.5. The maximum absolute atomic E-state index is 15.0. The van der Waals surface area contributed by atoms with Gasteiger partial charge in [-0.2, -0.15) is 0 Å². The summed E-state index contributed by atoms with van der Waals surface area (Å²) in [5.41, 5.74) is 4.78. The van der Waals surface area contributed by atoms with Gasteiger partial charge in [0.15, 0.2) is 0 Å². The quantitative estimate of drug-likeness (QED) is 0.592. The molecule has 2 aromatic heterocycles. The number of fused-ring (bicyclic) bond motifs is 1. The highest BCUT2D eigenvalue weighted by Gasteiger charge is 2.25. The van der Waals surface area contributed by atoms with Crippen LogP contribution in [0, 0.1) is 12.7 Å². The maximum Gasteiger partial charge on any atom is 0.290 e. The zero-order valence-corrected chi connectivity index (χ0v) is 18.1. The summed E-state index contributed by atoms with van der Waals surface area (Å²) in [7, 11) is 0. The lowest BCUT2D eigenvalue weighted by atomic mass is 10.0. The Balaban J connectivity index is 1.58. The van der Waals surface area contributed by atoms with E-state index >= 15 is 4.39 Å². The third kappa shape index (κ3) is 3.85. The van der Waals surface area contributed by atoms with Crippen molar-refractivity contribution in [2.24, 2.45) is 0 Å². The van der Waals surface area contributed by atoms with E-state index in [0.717, 1.165) is 49.1 Å². The SMILES string of the molecule is Cc1cc(C=C2SC(=O)NC2=O)nc2c(-c3ccc(N4CCNCC4)c(F)c3)ccnc12. The van der Waals surface area contributed by atoms with E-state index in [1.54, 1.807) is 12.3 Å². The molecule has 2 saturated heterocycles. The third-order valence-electron chi connectivity index (χ3n) is 5.54. The van der Waals surface area contributed by atoms with Crippen LogP contribution in [0.1, 0.15) is 11.3 Å². The Morgan fingerprint density at radius 2 is 1.94 bits per heavy atom. The van der Waals surface area contributed by atoms with Gasteiger partial charge in [-0.25, -0.2) is 9.37 Å². The first-order valence-corrected chi connectivity index (χ1v) is 11.1. The Hall–Kier alpha value is -3.30. The van der Waals surface area contributed by atoms with Crippen molar-refractivity contribution in [1.29, 1.82) is 0 Å². The number of thioether (sulfide) groups is 1. The highest BCUT2D eigenvalue weighted by Crippen LogP contribution is 2.32. The molecule has 2 aliphatic heterocycles. The molecule has 2 fully saturated rings. The minimum Gasteiger partial charge on any atom is -0.367 e. The highest BCUT2D eigenvalue weighted by atomic mass is 32.2. The smallest absolute Gasteiger partial charge is 0.290 e. The number of carbonyl (C=O) groups excluding carboxylic acids is 2. The Morgan fingerprint density at radius 3 is 2.66 bits per heavy atom. The number of aromatic nitrogens is 2. The molecular weight excluding hydrogens is 429 g/mol. The average Bonchev–Trinajstić information content (AvgIpc) is 3.10. The van der Waals surface area contributed by atoms with Crippen molar-refractivity contribution in [3.63, 3.8) is 0 Å². The molecule has 0 unspecified atom stereocenters. The summed E-state index contributed by atoms with van der Waals surface area (Å²) in [5.74, 6) is -0.710. The van der Waals surface area contributed by atoms with E-state index in [1.807, 2.05) is 36.1 Å². The molecule has 32 heavy (non-hydrogen) atoms. The van der Waals surface area contributed by atoms with Gasteiger partial charge in [0.05, 0.1) is 27.3 Å². The predicted molar refractivity (Wildman–Crippen MR) is 124 cm³/mol. The van der Waals surface area contributed by atoms with Gasteiger partial charge >= 0.3 is 0 Å². The van der Waals surface area contributed by atoms with E-state index in [9.17, 15) is 9.59 Å². The molecule has 9 heteroatoms. The van der Waals surface area contributed by atoms with Crippen LogP contribution in [0.2, 0.25) is 0 Å². The molecule has 1 aromatic carbocycles. The maximum atomic E-state index is 15.0. The number of rotatable bonds is 3. The summed E-state index contributed by atoms with van der Waals surface area (Å²) in [4.78, 5) is 34.9. The predicted octanol–water partition coefficient (Wildman–Crippen LogP) is 3.48. The Bertz CT molecular complexity index is 1290. The lowest BCUT2D eigenvalue weighted by Gasteiger charge is -2.29. The first-order valence-electron chi connectivity index (χ1n) is 10.3. The number of anilines is 1. The summed E-state index contributed by atoms with van der Waals surface area (Å²) in [6.07, 6.45) is 3.27. The largest absolute Gasteiger partial charge is 0.367 e. The normalized spacial score (nSPS) is 17.9. The Labute approximate surface area is 188 Å². The summed E-state index contributed by atoms with van der Waals surface area (Å²) in [6.45, 7) is 5.10. The second-order valence-corrected chi connectivity index (χ2v) is 8.69. The number of amides is 2. The van der Waals surface area contributed by atoms with Gasteiger partial charge in [0, 0.05) is 37.9 Å². The highest BCUT2D eigenvalue weighted by molar-refractivity contribution is 8.18. The van der Waals surface area contributed by atoms with Crippen molar-refractivity contribution >= 4 is 45.7 Å². The minimum atomic E-state index is -0.434. The molecule has 0 spiro atoms. The molecule has 2 aliphatic rings. The number of hydrogen-bond donors (Lipinski definition) is 2. The Kier molecular flexibility index (Phi) is 5.36.